The molecule has 296 valence electrons. The number of nitrogens with zero attached hydrogens (tertiary/aromatic N) is 7. The number of nitrogens with one attached hydrogen (secondary N) is 1. The Labute approximate surface area is 335 Å². The SMILES string of the molecule is COc1nc(-c2cccc(-c3ccnc(-c4cc5c(OC)nc(CNCCO)nn5c4)c3Cl)c2Cl)ccc1CN(C(=O)OC(C)(C)C)C1CCN(C(C)=O)CC1. The van der Waals surface area contributed by atoms with E-state index in [2.05, 4.69) is 20.4 Å². The molecule has 0 radical (unpaired) electrons. The molecule has 1 saturated heterocycles. The first kappa shape index (κ1) is 40.6. The van der Waals surface area contributed by atoms with E-state index in [1.165, 1.54) is 7.11 Å². The van der Waals surface area contributed by atoms with Crippen molar-refractivity contribution in [3.63, 3.8) is 0 Å². The number of rotatable bonds is 12. The Kier molecular flexibility index (Phi) is 12.6. The smallest absolute Gasteiger partial charge is 0.410 e. The summed E-state index contributed by atoms with van der Waals surface area (Å²) in [5.74, 6) is 1.24. The predicted molar refractivity (Wildman–Crippen MR) is 214 cm³/mol. The summed E-state index contributed by atoms with van der Waals surface area (Å²) in [5.41, 5.74) is 4.41. The van der Waals surface area contributed by atoms with E-state index in [1.807, 2.05) is 63.4 Å². The molecule has 2 amide bonds. The molecule has 6 rings (SSSR count). The van der Waals surface area contributed by atoms with E-state index in [0.29, 0.717) is 111 Å². The highest BCUT2D eigenvalue weighted by Gasteiger charge is 2.33. The van der Waals surface area contributed by atoms with E-state index >= 15 is 0 Å². The molecule has 0 unspecified atom stereocenters. The molecule has 14 nitrogen and oxygen atoms in total. The molecular weight excluding hydrogens is 759 g/mol. The number of likely N-dealkylation sites (tertiary alicyclic amines) is 1. The highest BCUT2D eigenvalue weighted by molar-refractivity contribution is 6.39. The quantitative estimate of drug-likeness (QED) is 0.130. The van der Waals surface area contributed by atoms with Crippen molar-refractivity contribution in [3.8, 4) is 45.4 Å². The van der Waals surface area contributed by atoms with Gasteiger partial charge in [-0.3, -0.25) is 9.78 Å². The van der Waals surface area contributed by atoms with Gasteiger partial charge in [0.25, 0.3) is 0 Å². The number of halogens is 2. The van der Waals surface area contributed by atoms with Gasteiger partial charge in [-0.25, -0.2) is 14.3 Å². The number of carbonyl (C=O) groups is 2. The fraction of sp³-hybridized carbons (Fsp3) is 0.400. The number of pyridine rings is 2. The largest absolute Gasteiger partial charge is 0.481 e. The van der Waals surface area contributed by atoms with Crippen LogP contribution in [0.25, 0.3) is 39.2 Å². The fourth-order valence-electron chi connectivity index (χ4n) is 6.70. The maximum atomic E-state index is 13.6. The summed E-state index contributed by atoms with van der Waals surface area (Å²) in [5, 5.41) is 17.6. The number of fused-ring (bicyclic) bond motifs is 1. The average Bonchev–Trinajstić information content (AvgIpc) is 3.60. The van der Waals surface area contributed by atoms with Crippen LogP contribution in [0.1, 0.15) is 51.9 Å². The van der Waals surface area contributed by atoms with Gasteiger partial charge in [0.1, 0.15) is 11.1 Å². The highest BCUT2D eigenvalue weighted by atomic mass is 35.5. The van der Waals surface area contributed by atoms with Gasteiger partial charge in [0.05, 0.1) is 55.3 Å². The Hall–Kier alpha value is -5.02. The summed E-state index contributed by atoms with van der Waals surface area (Å²) in [6, 6.07) is 12.9. The van der Waals surface area contributed by atoms with Crippen LogP contribution in [0.15, 0.2) is 54.9 Å². The lowest BCUT2D eigenvalue weighted by molar-refractivity contribution is -0.130. The van der Waals surface area contributed by atoms with Gasteiger partial charge >= 0.3 is 6.09 Å². The first-order valence-corrected chi connectivity index (χ1v) is 19.1. The van der Waals surface area contributed by atoms with E-state index in [9.17, 15) is 9.59 Å². The average molecular weight is 806 g/mol. The number of methoxy groups -OCH3 is 2. The number of aliphatic hydroxyl groups excluding tert-OH is 1. The molecule has 0 atom stereocenters. The Balaban J connectivity index is 1.30. The van der Waals surface area contributed by atoms with Gasteiger partial charge in [-0.1, -0.05) is 41.4 Å². The minimum absolute atomic E-state index is 0.00129. The van der Waals surface area contributed by atoms with E-state index in [1.54, 1.807) is 40.6 Å². The lowest BCUT2D eigenvalue weighted by atomic mass is 10.00. The molecule has 2 N–H and O–H groups in total. The van der Waals surface area contributed by atoms with Crippen molar-refractivity contribution >= 4 is 40.7 Å². The van der Waals surface area contributed by atoms with E-state index in [-0.39, 0.29) is 25.1 Å². The Morgan fingerprint density at radius 3 is 2.38 bits per heavy atom. The molecule has 1 fully saturated rings. The van der Waals surface area contributed by atoms with Gasteiger partial charge in [-0.05, 0) is 57.9 Å². The second-order valence-electron chi connectivity index (χ2n) is 14.4. The summed E-state index contributed by atoms with van der Waals surface area (Å²) in [7, 11) is 3.08. The van der Waals surface area contributed by atoms with Gasteiger partial charge in [0.2, 0.25) is 17.7 Å². The molecular formula is C40H46Cl2N8O6. The summed E-state index contributed by atoms with van der Waals surface area (Å²) in [6.07, 6.45) is 4.30. The fourth-order valence-corrected chi connectivity index (χ4v) is 7.34. The predicted octanol–water partition coefficient (Wildman–Crippen LogP) is 6.67. The lowest BCUT2D eigenvalue weighted by Crippen LogP contribution is -2.49. The van der Waals surface area contributed by atoms with Crippen LogP contribution in [-0.2, 0) is 22.6 Å². The molecule has 0 spiro atoms. The third-order valence-corrected chi connectivity index (χ3v) is 10.2. The van der Waals surface area contributed by atoms with Crippen molar-refractivity contribution < 1.29 is 28.9 Å². The molecule has 1 aromatic carbocycles. The van der Waals surface area contributed by atoms with Crippen LogP contribution in [0.3, 0.4) is 0 Å². The van der Waals surface area contributed by atoms with E-state index in [4.69, 9.17) is 47.5 Å². The number of aliphatic hydroxyl groups is 1. The third-order valence-electron chi connectivity index (χ3n) is 9.42. The second kappa shape index (κ2) is 17.4. The minimum atomic E-state index is -0.691. The molecule has 0 saturated carbocycles. The highest BCUT2D eigenvalue weighted by Crippen LogP contribution is 2.42. The van der Waals surface area contributed by atoms with Crippen LogP contribution in [0.4, 0.5) is 4.79 Å². The number of ether oxygens (including phenoxy) is 3. The van der Waals surface area contributed by atoms with Crippen LogP contribution in [-0.4, -0.2) is 104 Å². The van der Waals surface area contributed by atoms with Crippen molar-refractivity contribution in [2.45, 2.75) is 65.3 Å². The zero-order valence-electron chi connectivity index (χ0n) is 32.3. The van der Waals surface area contributed by atoms with Crippen LogP contribution in [0.5, 0.6) is 11.8 Å². The Bertz CT molecular complexity index is 2220. The van der Waals surface area contributed by atoms with E-state index < -0.39 is 11.7 Å². The van der Waals surface area contributed by atoms with Gasteiger partial charge in [-0.15, -0.1) is 0 Å². The topological polar surface area (TPSA) is 157 Å². The number of piperidine rings is 1. The number of benzene rings is 1. The summed E-state index contributed by atoms with van der Waals surface area (Å²) >= 11 is 14.3. The molecule has 56 heavy (non-hydrogen) atoms. The standard InChI is InChI=1S/C40H46Cl2N8O6/c1-24(52)48-17-13-27(14-18-48)49(39(53)56-40(2,3)4)22-25-10-11-31(45-37(25)54-5)30-9-7-8-28(34(30)41)29-12-15-44-36(35(29)42)26-20-32-38(55-6)46-33(21-43-16-19-51)47-50(32)23-26/h7-12,15,20,23,27,43,51H,13-14,16-19,21-22H2,1-6H3. The van der Waals surface area contributed by atoms with Crippen molar-refractivity contribution in [1.82, 2.24) is 39.7 Å². The molecule has 1 aliphatic heterocycles. The zero-order valence-corrected chi connectivity index (χ0v) is 33.8. The molecule has 16 heteroatoms. The van der Waals surface area contributed by atoms with Crippen LogP contribution >= 0.6 is 23.2 Å². The number of hydrogen-bond acceptors (Lipinski definition) is 11. The van der Waals surface area contributed by atoms with Crippen LogP contribution in [0.2, 0.25) is 10.0 Å². The van der Waals surface area contributed by atoms with Gasteiger partial charge in [0.15, 0.2) is 5.82 Å². The number of hydrogen-bond donors (Lipinski definition) is 2. The lowest BCUT2D eigenvalue weighted by Gasteiger charge is -2.39. The first-order chi connectivity index (χ1) is 26.8. The van der Waals surface area contributed by atoms with Crippen molar-refractivity contribution in [2.24, 2.45) is 0 Å². The summed E-state index contributed by atoms with van der Waals surface area (Å²) in [4.78, 5) is 43.0. The molecule has 5 heterocycles. The molecule has 1 aliphatic rings. The molecule has 5 aromatic rings. The Morgan fingerprint density at radius 1 is 0.982 bits per heavy atom. The molecule has 4 aromatic heterocycles. The normalized spacial score (nSPS) is 13.6. The molecule has 0 bridgehead atoms. The van der Waals surface area contributed by atoms with Crippen LogP contribution in [0, 0.1) is 0 Å². The number of amides is 2. The van der Waals surface area contributed by atoms with Crippen LogP contribution < -0.4 is 14.8 Å². The first-order valence-electron chi connectivity index (χ1n) is 18.3. The van der Waals surface area contributed by atoms with E-state index in [0.717, 1.165) is 0 Å². The van der Waals surface area contributed by atoms with Crippen molar-refractivity contribution in [2.75, 3.05) is 40.5 Å². The van der Waals surface area contributed by atoms with Gasteiger partial charge in [0, 0.05) is 72.8 Å². The summed E-state index contributed by atoms with van der Waals surface area (Å²) < 4.78 is 18.8. The number of aromatic nitrogens is 5. The summed E-state index contributed by atoms with van der Waals surface area (Å²) in [6.45, 7) is 9.14. The van der Waals surface area contributed by atoms with Crippen molar-refractivity contribution in [1.29, 1.82) is 0 Å². The van der Waals surface area contributed by atoms with Crippen molar-refractivity contribution in [3.05, 3.63) is 76.3 Å². The van der Waals surface area contributed by atoms with Gasteiger partial charge < -0.3 is 34.4 Å². The molecule has 0 aliphatic carbocycles. The zero-order chi connectivity index (χ0) is 40.1. The Morgan fingerprint density at radius 2 is 1.70 bits per heavy atom. The minimum Gasteiger partial charge on any atom is -0.481 e. The third kappa shape index (κ3) is 8.99. The number of carbonyl (C=O) groups excluding carboxylic acids is 2. The van der Waals surface area contributed by atoms with Gasteiger partial charge in [-0.2, -0.15) is 10.1 Å². The second-order valence-corrected chi connectivity index (χ2v) is 15.2. The monoisotopic (exact) mass is 804 g/mol. The maximum Gasteiger partial charge on any atom is 0.410 e. The maximum absolute atomic E-state index is 13.6.